The van der Waals surface area contributed by atoms with Gasteiger partial charge in [0.2, 0.25) is 0 Å². The molecule has 2 rings (SSSR count). The van der Waals surface area contributed by atoms with Gasteiger partial charge in [-0.2, -0.15) is 0 Å². The van der Waals surface area contributed by atoms with Crippen molar-refractivity contribution < 1.29 is 0 Å². The van der Waals surface area contributed by atoms with E-state index in [9.17, 15) is 0 Å². The van der Waals surface area contributed by atoms with Crippen LogP contribution in [0.25, 0.3) is 0 Å². The molecule has 0 aromatic carbocycles. The molecule has 0 amide bonds. The summed E-state index contributed by atoms with van der Waals surface area (Å²) in [5.41, 5.74) is 8.15. The third kappa shape index (κ3) is 1.03. The van der Waals surface area contributed by atoms with Gasteiger partial charge in [-0.3, -0.25) is 0 Å². The zero-order valence-electron chi connectivity index (χ0n) is 6.33. The third-order valence-corrected chi connectivity index (χ3v) is 2.18. The number of fused-ring (bicyclic) bond motifs is 1. The van der Waals surface area contributed by atoms with E-state index in [2.05, 4.69) is 24.3 Å². The van der Waals surface area contributed by atoms with Crippen LogP contribution in [0.2, 0.25) is 0 Å². The van der Waals surface area contributed by atoms with E-state index in [-0.39, 0.29) is 0 Å². The van der Waals surface area contributed by atoms with Crippen LogP contribution in [0.1, 0.15) is 6.42 Å². The molecule has 56 valence electrons. The largest absolute Gasteiger partial charge is 0.402 e. The van der Waals surface area contributed by atoms with E-state index in [1.54, 1.807) is 0 Å². The number of hydrogen-bond donors (Lipinski definition) is 1. The van der Waals surface area contributed by atoms with Crippen LogP contribution in [0.3, 0.4) is 0 Å². The minimum atomic E-state index is 0.449. The molecule has 0 spiro atoms. The summed E-state index contributed by atoms with van der Waals surface area (Å²) >= 11 is 0. The number of nitrogens with two attached hydrogens (primary N) is 1. The lowest BCUT2D eigenvalue weighted by Crippen LogP contribution is -2.16. The van der Waals surface area contributed by atoms with Gasteiger partial charge in [-0.05, 0) is 18.1 Å². The first kappa shape index (κ1) is 6.47. The summed E-state index contributed by atoms with van der Waals surface area (Å²) in [7, 11) is 0. The summed E-state index contributed by atoms with van der Waals surface area (Å²) in [5, 5.41) is 0. The van der Waals surface area contributed by atoms with Gasteiger partial charge in [-0.15, -0.1) is 0 Å². The molecule has 0 radical (unpaired) electrons. The molecule has 1 atom stereocenters. The molecule has 0 saturated heterocycles. The summed E-state index contributed by atoms with van der Waals surface area (Å²) in [6.07, 6.45) is 13.6. The van der Waals surface area contributed by atoms with Gasteiger partial charge in [0.15, 0.2) is 0 Å². The molecule has 0 aliphatic heterocycles. The van der Waals surface area contributed by atoms with Crippen molar-refractivity contribution in [3.05, 3.63) is 47.7 Å². The predicted octanol–water partition coefficient (Wildman–Crippen LogP) is 1.90. The third-order valence-electron chi connectivity index (χ3n) is 2.18. The summed E-state index contributed by atoms with van der Waals surface area (Å²) in [6.45, 7) is 0. The Bertz CT molecular complexity index is 279. The Morgan fingerprint density at radius 3 is 3.00 bits per heavy atom. The molecule has 0 aromatic heterocycles. The molecular weight excluding hydrogens is 134 g/mol. The average molecular weight is 145 g/mol. The second-order valence-corrected chi connectivity index (χ2v) is 2.91. The Morgan fingerprint density at radius 2 is 2.18 bits per heavy atom. The van der Waals surface area contributed by atoms with Gasteiger partial charge in [0.1, 0.15) is 0 Å². The van der Waals surface area contributed by atoms with Gasteiger partial charge in [0.25, 0.3) is 0 Å². The quantitative estimate of drug-likeness (QED) is 0.553. The van der Waals surface area contributed by atoms with Crippen LogP contribution in [0.5, 0.6) is 0 Å². The summed E-state index contributed by atoms with van der Waals surface area (Å²) in [4.78, 5) is 0. The van der Waals surface area contributed by atoms with Gasteiger partial charge >= 0.3 is 0 Å². The average Bonchev–Trinajstić information content (AvgIpc) is 2.06. The fourth-order valence-corrected chi connectivity index (χ4v) is 1.53. The van der Waals surface area contributed by atoms with Gasteiger partial charge in [-0.25, -0.2) is 0 Å². The maximum atomic E-state index is 5.82. The number of rotatable bonds is 0. The van der Waals surface area contributed by atoms with Crippen LogP contribution in [0, 0.1) is 5.92 Å². The molecule has 0 heterocycles. The highest BCUT2D eigenvalue weighted by Crippen LogP contribution is 2.28. The van der Waals surface area contributed by atoms with Crippen LogP contribution in [0.4, 0.5) is 0 Å². The van der Waals surface area contributed by atoms with Crippen molar-refractivity contribution in [1.29, 1.82) is 0 Å². The Kier molecular flexibility index (Phi) is 1.42. The summed E-state index contributed by atoms with van der Waals surface area (Å²) in [5.74, 6) is 0.449. The first-order valence-electron chi connectivity index (χ1n) is 3.88. The van der Waals surface area contributed by atoms with E-state index in [4.69, 9.17) is 5.73 Å². The van der Waals surface area contributed by atoms with Gasteiger partial charge in [-0.1, -0.05) is 30.4 Å². The van der Waals surface area contributed by atoms with Crippen molar-refractivity contribution >= 4 is 0 Å². The molecule has 1 unspecified atom stereocenters. The topological polar surface area (TPSA) is 26.0 Å². The monoisotopic (exact) mass is 145 g/mol. The van der Waals surface area contributed by atoms with Crippen molar-refractivity contribution in [3.63, 3.8) is 0 Å². The Morgan fingerprint density at radius 1 is 1.27 bits per heavy atom. The fourth-order valence-electron chi connectivity index (χ4n) is 1.53. The van der Waals surface area contributed by atoms with Crippen LogP contribution < -0.4 is 5.73 Å². The normalized spacial score (nSPS) is 27.5. The maximum Gasteiger partial charge on any atom is 0.0270 e. The molecule has 0 fully saturated rings. The Labute approximate surface area is 66.6 Å². The van der Waals surface area contributed by atoms with Crippen molar-refractivity contribution in [1.82, 2.24) is 0 Å². The molecule has 1 heteroatoms. The number of allylic oxidation sites excluding steroid dienone is 7. The maximum absolute atomic E-state index is 5.82. The first-order valence-corrected chi connectivity index (χ1v) is 3.88. The van der Waals surface area contributed by atoms with Crippen LogP contribution in [0.15, 0.2) is 47.7 Å². The van der Waals surface area contributed by atoms with Crippen molar-refractivity contribution in [2.75, 3.05) is 0 Å². The van der Waals surface area contributed by atoms with E-state index in [1.807, 2.05) is 12.2 Å². The molecule has 0 aromatic rings. The van der Waals surface area contributed by atoms with Crippen molar-refractivity contribution in [3.8, 4) is 0 Å². The molecule has 2 aliphatic carbocycles. The van der Waals surface area contributed by atoms with E-state index >= 15 is 0 Å². The van der Waals surface area contributed by atoms with Crippen LogP contribution in [-0.2, 0) is 0 Å². The van der Waals surface area contributed by atoms with Crippen LogP contribution >= 0.6 is 0 Å². The first-order chi connectivity index (χ1) is 5.38. The second-order valence-electron chi connectivity index (χ2n) is 2.91. The SMILES string of the molecule is NC1=CC=CC2=CC=CCC12. The molecule has 0 bridgehead atoms. The highest BCUT2D eigenvalue weighted by atomic mass is 14.6. The zero-order chi connectivity index (χ0) is 7.68. The highest BCUT2D eigenvalue weighted by Gasteiger charge is 2.17. The lowest BCUT2D eigenvalue weighted by molar-refractivity contribution is 0.718. The molecule has 1 nitrogen and oxygen atoms in total. The van der Waals surface area contributed by atoms with E-state index < -0.39 is 0 Å². The number of hydrogen-bond acceptors (Lipinski definition) is 1. The lowest BCUT2D eigenvalue weighted by atomic mass is 9.86. The van der Waals surface area contributed by atoms with E-state index in [0.717, 1.165) is 12.1 Å². The minimum absolute atomic E-state index is 0.449. The van der Waals surface area contributed by atoms with Crippen molar-refractivity contribution in [2.24, 2.45) is 11.7 Å². The Balaban J connectivity index is 2.37. The van der Waals surface area contributed by atoms with Gasteiger partial charge in [0, 0.05) is 11.6 Å². The molecular formula is C10H11N. The second kappa shape index (κ2) is 2.42. The Hall–Kier alpha value is -1.24. The standard InChI is InChI=1S/C10H11N/c11-10-7-3-5-8-4-1-2-6-9(8)10/h1-5,7,9H,6,11H2. The van der Waals surface area contributed by atoms with E-state index in [0.29, 0.717) is 5.92 Å². The van der Waals surface area contributed by atoms with Gasteiger partial charge < -0.3 is 5.73 Å². The van der Waals surface area contributed by atoms with Crippen molar-refractivity contribution in [2.45, 2.75) is 6.42 Å². The van der Waals surface area contributed by atoms with E-state index in [1.165, 1.54) is 5.57 Å². The smallest absolute Gasteiger partial charge is 0.0270 e. The lowest BCUT2D eigenvalue weighted by Gasteiger charge is -2.21. The molecule has 11 heavy (non-hydrogen) atoms. The molecule has 2 aliphatic rings. The zero-order valence-corrected chi connectivity index (χ0v) is 6.33. The fraction of sp³-hybridized carbons (Fsp3) is 0.200. The molecule has 0 saturated carbocycles. The minimum Gasteiger partial charge on any atom is -0.402 e. The van der Waals surface area contributed by atoms with Crippen LogP contribution in [-0.4, -0.2) is 0 Å². The molecule has 2 N–H and O–H groups in total. The van der Waals surface area contributed by atoms with Gasteiger partial charge in [0.05, 0.1) is 0 Å². The summed E-state index contributed by atoms with van der Waals surface area (Å²) < 4.78 is 0. The highest BCUT2D eigenvalue weighted by molar-refractivity contribution is 5.41. The summed E-state index contributed by atoms with van der Waals surface area (Å²) in [6, 6.07) is 0. The predicted molar refractivity (Wildman–Crippen MR) is 46.7 cm³/mol.